The van der Waals surface area contributed by atoms with E-state index in [1.807, 2.05) is 0 Å². The highest BCUT2D eigenvalue weighted by molar-refractivity contribution is 4.87. The van der Waals surface area contributed by atoms with Crippen molar-refractivity contribution in [3.05, 3.63) is 0 Å². The number of nitrogens with zero attached hydrogens (tertiary/aromatic N) is 1. The molecule has 1 aliphatic heterocycles. The topological polar surface area (TPSA) is 15.3 Å². The fourth-order valence-electron chi connectivity index (χ4n) is 2.26. The van der Waals surface area contributed by atoms with Crippen LogP contribution in [-0.4, -0.2) is 36.6 Å². The van der Waals surface area contributed by atoms with Gasteiger partial charge < -0.3 is 5.32 Å². The fraction of sp³-hybridized carbons (Fsp3) is 1.00. The molecule has 0 aliphatic carbocycles. The molecule has 1 atom stereocenters. The van der Waals surface area contributed by atoms with Crippen LogP contribution in [0.15, 0.2) is 0 Å². The van der Waals surface area contributed by atoms with Gasteiger partial charge in [0.2, 0.25) is 0 Å². The molecule has 0 amide bonds. The summed E-state index contributed by atoms with van der Waals surface area (Å²) in [6.45, 7) is 14.2. The van der Waals surface area contributed by atoms with Gasteiger partial charge in [0.15, 0.2) is 0 Å². The molecule has 15 heavy (non-hydrogen) atoms. The molecule has 2 heteroatoms. The number of hydrogen-bond acceptors (Lipinski definition) is 2. The van der Waals surface area contributed by atoms with Gasteiger partial charge in [-0.15, -0.1) is 0 Å². The lowest BCUT2D eigenvalue weighted by atomic mass is 10.00. The Balaban J connectivity index is 2.26. The molecule has 1 heterocycles. The van der Waals surface area contributed by atoms with Crippen LogP contribution in [0.5, 0.6) is 0 Å². The average Bonchev–Trinajstić information content (AvgIpc) is 2.68. The summed E-state index contributed by atoms with van der Waals surface area (Å²) in [4.78, 5) is 2.66. The van der Waals surface area contributed by atoms with E-state index in [9.17, 15) is 0 Å². The Morgan fingerprint density at radius 2 is 2.07 bits per heavy atom. The first-order chi connectivity index (χ1) is 7.10. The molecule has 1 saturated heterocycles. The normalized spacial score (nSPS) is 23.6. The zero-order valence-corrected chi connectivity index (χ0v) is 11.0. The molecule has 0 aromatic carbocycles. The minimum atomic E-state index is 0.402. The monoisotopic (exact) mass is 212 g/mol. The standard InChI is InChI=1S/C13H28N2/c1-5-8-14-10-12-7-9-15(11-12)13(3,4)6-2/h12,14H,5-11H2,1-4H3. The van der Waals surface area contributed by atoms with Gasteiger partial charge in [-0.2, -0.15) is 0 Å². The Kier molecular flexibility index (Phi) is 5.07. The van der Waals surface area contributed by atoms with E-state index in [2.05, 4.69) is 37.9 Å². The SMILES string of the molecule is CCCNCC1CCN(C(C)(C)CC)C1. The predicted molar refractivity (Wildman–Crippen MR) is 67.2 cm³/mol. The highest BCUT2D eigenvalue weighted by Crippen LogP contribution is 2.26. The van der Waals surface area contributed by atoms with Crippen molar-refractivity contribution in [2.45, 2.75) is 52.5 Å². The number of likely N-dealkylation sites (tertiary alicyclic amines) is 1. The quantitative estimate of drug-likeness (QED) is 0.681. The van der Waals surface area contributed by atoms with Gasteiger partial charge in [0.05, 0.1) is 0 Å². The molecule has 0 saturated carbocycles. The maximum absolute atomic E-state index is 3.54. The Bertz CT molecular complexity index is 177. The van der Waals surface area contributed by atoms with Crippen molar-refractivity contribution in [2.75, 3.05) is 26.2 Å². The minimum Gasteiger partial charge on any atom is -0.316 e. The zero-order valence-electron chi connectivity index (χ0n) is 11.0. The molecule has 1 fully saturated rings. The second kappa shape index (κ2) is 5.86. The summed E-state index contributed by atoms with van der Waals surface area (Å²) in [5, 5.41) is 3.54. The van der Waals surface area contributed by atoms with Crippen LogP contribution in [0, 0.1) is 5.92 Å². The molecule has 1 N–H and O–H groups in total. The van der Waals surface area contributed by atoms with Crippen LogP contribution in [0.25, 0.3) is 0 Å². The first-order valence-electron chi connectivity index (χ1n) is 6.56. The molecule has 1 rings (SSSR count). The van der Waals surface area contributed by atoms with E-state index in [1.54, 1.807) is 0 Å². The molecule has 90 valence electrons. The first-order valence-corrected chi connectivity index (χ1v) is 6.56. The van der Waals surface area contributed by atoms with Crippen molar-refractivity contribution >= 4 is 0 Å². The smallest absolute Gasteiger partial charge is 0.0150 e. The van der Waals surface area contributed by atoms with Crippen LogP contribution in [0.2, 0.25) is 0 Å². The molecular weight excluding hydrogens is 184 g/mol. The first kappa shape index (κ1) is 13.0. The summed E-state index contributed by atoms with van der Waals surface area (Å²) in [5.74, 6) is 0.877. The van der Waals surface area contributed by atoms with Crippen molar-refractivity contribution in [1.82, 2.24) is 10.2 Å². The van der Waals surface area contributed by atoms with E-state index in [-0.39, 0.29) is 0 Å². The maximum atomic E-state index is 3.54. The number of rotatable bonds is 6. The van der Waals surface area contributed by atoms with Crippen molar-refractivity contribution in [2.24, 2.45) is 5.92 Å². The van der Waals surface area contributed by atoms with Gasteiger partial charge in [0.25, 0.3) is 0 Å². The third-order valence-corrected chi connectivity index (χ3v) is 3.87. The summed E-state index contributed by atoms with van der Waals surface area (Å²) in [7, 11) is 0. The lowest BCUT2D eigenvalue weighted by Crippen LogP contribution is -2.42. The van der Waals surface area contributed by atoms with Crippen molar-refractivity contribution in [3.8, 4) is 0 Å². The van der Waals surface area contributed by atoms with Crippen molar-refractivity contribution < 1.29 is 0 Å². The molecule has 1 aliphatic rings. The predicted octanol–water partition coefficient (Wildman–Crippen LogP) is 2.50. The van der Waals surface area contributed by atoms with Crippen LogP contribution in [-0.2, 0) is 0 Å². The molecule has 0 bridgehead atoms. The van der Waals surface area contributed by atoms with Gasteiger partial charge in [0, 0.05) is 12.1 Å². The van der Waals surface area contributed by atoms with E-state index in [4.69, 9.17) is 0 Å². The number of hydrogen-bond donors (Lipinski definition) is 1. The minimum absolute atomic E-state index is 0.402. The highest BCUT2D eigenvalue weighted by Gasteiger charge is 2.31. The van der Waals surface area contributed by atoms with Gasteiger partial charge in [-0.1, -0.05) is 13.8 Å². The van der Waals surface area contributed by atoms with Gasteiger partial charge >= 0.3 is 0 Å². The summed E-state index contributed by atoms with van der Waals surface area (Å²) < 4.78 is 0. The Morgan fingerprint density at radius 1 is 1.33 bits per heavy atom. The Hall–Kier alpha value is -0.0800. The second-order valence-corrected chi connectivity index (χ2v) is 5.47. The van der Waals surface area contributed by atoms with Gasteiger partial charge in [-0.05, 0) is 58.7 Å². The maximum Gasteiger partial charge on any atom is 0.0150 e. The summed E-state index contributed by atoms with van der Waals surface area (Å²) in [5.41, 5.74) is 0.402. The lowest BCUT2D eigenvalue weighted by Gasteiger charge is -2.34. The third-order valence-electron chi connectivity index (χ3n) is 3.87. The second-order valence-electron chi connectivity index (χ2n) is 5.47. The Morgan fingerprint density at radius 3 is 2.67 bits per heavy atom. The summed E-state index contributed by atoms with van der Waals surface area (Å²) in [6, 6.07) is 0. The van der Waals surface area contributed by atoms with Crippen LogP contribution in [0.4, 0.5) is 0 Å². The van der Waals surface area contributed by atoms with Gasteiger partial charge in [-0.3, -0.25) is 4.90 Å². The molecule has 0 aromatic rings. The summed E-state index contributed by atoms with van der Waals surface area (Å²) >= 11 is 0. The molecule has 2 nitrogen and oxygen atoms in total. The fourth-order valence-corrected chi connectivity index (χ4v) is 2.26. The average molecular weight is 212 g/mol. The van der Waals surface area contributed by atoms with E-state index in [1.165, 1.54) is 45.4 Å². The molecule has 1 unspecified atom stereocenters. The lowest BCUT2D eigenvalue weighted by molar-refractivity contribution is 0.144. The van der Waals surface area contributed by atoms with Crippen LogP contribution in [0.3, 0.4) is 0 Å². The highest BCUT2D eigenvalue weighted by atomic mass is 15.2. The van der Waals surface area contributed by atoms with E-state index in [0.29, 0.717) is 5.54 Å². The van der Waals surface area contributed by atoms with Crippen LogP contribution >= 0.6 is 0 Å². The van der Waals surface area contributed by atoms with E-state index >= 15 is 0 Å². The molecule has 0 spiro atoms. The Labute approximate surface area is 95.4 Å². The third kappa shape index (κ3) is 3.76. The van der Waals surface area contributed by atoms with E-state index < -0.39 is 0 Å². The van der Waals surface area contributed by atoms with Crippen LogP contribution < -0.4 is 5.32 Å². The van der Waals surface area contributed by atoms with Crippen molar-refractivity contribution in [3.63, 3.8) is 0 Å². The van der Waals surface area contributed by atoms with E-state index in [0.717, 1.165) is 5.92 Å². The molecular formula is C13H28N2. The number of nitrogens with one attached hydrogen (secondary N) is 1. The largest absolute Gasteiger partial charge is 0.316 e. The van der Waals surface area contributed by atoms with Gasteiger partial charge in [0.1, 0.15) is 0 Å². The van der Waals surface area contributed by atoms with Gasteiger partial charge in [-0.25, -0.2) is 0 Å². The van der Waals surface area contributed by atoms with Crippen LogP contribution in [0.1, 0.15) is 47.0 Å². The van der Waals surface area contributed by atoms with Crippen molar-refractivity contribution in [1.29, 1.82) is 0 Å². The zero-order chi connectivity index (χ0) is 11.3. The molecule has 0 radical (unpaired) electrons. The molecule has 0 aromatic heterocycles. The summed E-state index contributed by atoms with van der Waals surface area (Å²) in [6.07, 6.45) is 3.87.